The minimum absolute atomic E-state index is 0.0324. The molecule has 26 heavy (non-hydrogen) atoms. The summed E-state index contributed by atoms with van der Waals surface area (Å²) in [4.78, 5) is 22.6. The van der Waals surface area contributed by atoms with Crippen LogP contribution in [0.25, 0.3) is 10.9 Å². The number of hydrogen-bond donors (Lipinski definition) is 1. The lowest BCUT2D eigenvalue weighted by atomic mass is 9.95. The third-order valence-corrected chi connectivity index (χ3v) is 5.38. The molecule has 0 saturated carbocycles. The van der Waals surface area contributed by atoms with E-state index in [1.165, 1.54) is 5.56 Å². The van der Waals surface area contributed by atoms with Crippen LogP contribution in [0.5, 0.6) is 0 Å². The van der Waals surface area contributed by atoms with Gasteiger partial charge in [-0.25, -0.2) is 4.98 Å². The summed E-state index contributed by atoms with van der Waals surface area (Å²) >= 11 is 6.08. The summed E-state index contributed by atoms with van der Waals surface area (Å²) in [7, 11) is 0. The fraction of sp³-hybridized carbons (Fsp3) is 0.333. The molecular weight excluding hydrogens is 346 g/mol. The number of aromatic amines is 1. The highest BCUT2D eigenvalue weighted by molar-refractivity contribution is 6.30. The van der Waals surface area contributed by atoms with E-state index in [1.807, 2.05) is 43.3 Å². The molecule has 4 rings (SSSR count). The molecule has 1 aliphatic heterocycles. The maximum Gasteiger partial charge on any atom is 0.258 e. The van der Waals surface area contributed by atoms with Crippen LogP contribution in [0.3, 0.4) is 0 Å². The average molecular weight is 368 g/mol. The molecule has 0 amide bonds. The van der Waals surface area contributed by atoms with Gasteiger partial charge in [0.25, 0.3) is 5.56 Å². The van der Waals surface area contributed by atoms with Gasteiger partial charge in [0.15, 0.2) is 0 Å². The topological polar surface area (TPSA) is 49.0 Å². The van der Waals surface area contributed by atoms with Crippen LogP contribution in [-0.4, -0.2) is 28.0 Å². The molecule has 0 unspecified atom stereocenters. The summed E-state index contributed by atoms with van der Waals surface area (Å²) in [5.41, 5.74) is 3.07. The third kappa shape index (κ3) is 3.67. The van der Waals surface area contributed by atoms with Crippen molar-refractivity contribution in [3.8, 4) is 0 Å². The Morgan fingerprint density at radius 2 is 2.00 bits per heavy atom. The predicted octanol–water partition coefficient (Wildman–Crippen LogP) is 4.26. The summed E-state index contributed by atoms with van der Waals surface area (Å²) in [6.45, 7) is 4.89. The number of rotatable bonds is 3. The van der Waals surface area contributed by atoms with Crippen LogP contribution < -0.4 is 5.56 Å². The van der Waals surface area contributed by atoms with Crippen LogP contribution in [-0.2, 0) is 6.54 Å². The number of nitrogens with zero attached hydrogens (tertiary/aromatic N) is 2. The number of piperidine rings is 1. The van der Waals surface area contributed by atoms with Crippen LogP contribution in [0.2, 0.25) is 5.02 Å². The molecule has 2 aromatic carbocycles. The molecule has 3 aromatic rings. The molecule has 0 atom stereocenters. The van der Waals surface area contributed by atoms with Gasteiger partial charge in [-0.05, 0) is 62.7 Å². The van der Waals surface area contributed by atoms with Gasteiger partial charge in [0.05, 0.1) is 10.9 Å². The molecule has 1 N–H and O–H groups in total. The van der Waals surface area contributed by atoms with Gasteiger partial charge in [-0.3, -0.25) is 9.69 Å². The number of aromatic nitrogens is 2. The summed E-state index contributed by atoms with van der Waals surface area (Å²) in [5, 5.41) is 1.46. The molecule has 4 nitrogen and oxygen atoms in total. The number of benzene rings is 2. The minimum Gasteiger partial charge on any atom is -0.310 e. The molecule has 1 saturated heterocycles. The standard InChI is InChI=1S/C21H22ClN3O/c1-14-5-6-19-18(11-14)21(26)24-20(23-19)16-7-9-25(10-8-16)13-15-3-2-4-17(22)12-15/h2-6,11-12,16H,7-10,13H2,1H3,(H,23,24,26). The average Bonchev–Trinajstić information content (AvgIpc) is 2.63. The van der Waals surface area contributed by atoms with E-state index < -0.39 is 0 Å². The molecule has 0 bridgehead atoms. The van der Waals surface area contributed by atoms with E-state index in [1.54, 1.807) is 0 Å². The minimum atomic E-state index is -0.0324. The number of fused-ring (bicyclic) bond motifs is 1. The third-order valence-electron chi connectivity index (χ3n) is 5.15. The Balaban J connectivity index is 1.47. The number of likely N-dealkylation sites (tertiary alicyclic amines) is 1. The first-order valence-corrected chi connectivity index (χ1v) is 9.44. The van der Waals surface area contributed by atoms with Gasteiger partial charge in [-0.15, -0.1) is 0 Å². The number of aryl methyl sites for hydroxylation is 1. The highest BCUT2D eigenvalue weighted by atomic mass is 35.5. The Kier molecular flexibility index (Phi) is 4.79. The number of hydrogen-bond acceptors (Lipinski definition) is 3. The van der Waals surface area contributed by atoms with Gasteiger partial charge < -0.3 is 4.98 Å². The second-order valence-corrected chi connectivity index (χ2v) is 7.59. The lowest BCUT2D eigenvalue weighted by molar-refractivity contribution is 0.202. The molecule has 1 aromatic heterocycles. The summed E-state index contributed by atoms with van der Waals surface area (Å²) < 4.78 is 0. The van der Waals surface area contributed by atoms with Crippen molar-refractivity contribution in [2.75, 3.05) is 13.1 Å². The molecule has 1 aliphatic rings. The fourth-order valence-corrected chi connectivity index (χ4v) is 3.93. The zero-order valence-corrected chi connectivity index (χ0v) is 15.6. The summed E-state index contributed by atoms with van der Waals surface area (Å²) in [6, 6.07) is 13.9. The first-order valence-electron chi connectivity index (χ1n) is 9.06. The smallest absolute Gasteiger partial charge is 0.258 e. The van der Waals surface area contributed by atoms with E-state index in [4.69, 9.17) is 16.6 Å². The van der Waals surface area contributed by atoms with E-state index in [-0.39, 0.29) is 5.56 Å². The monoisotopic (exact) mass is 367 g/mol. The second-order valence-electron chi connectivity index (χ2n) is 7.15. The van der Waals surface area contributed by atoms with Crippen LogP contribution in [0.1, 0.15) is 35.7 Å². The van der Waals surface area contributed by atoms with Crippen molar-refractivity contribution >= 4 is 22.5 Å². The van der Waals surface area contributed by atoms with E-state index in [0.29, 0.717) is 11.3 Å². The normalized spacial score (nSPS) is 16.2. The highest BCUT2D eigenvalue weighted by Gasteiger charge is 2.23. The van der Waals surface area contributed by atoms with E-state index in [9.17, 15) is 4.79 Å². The van der Waals surface area contributed by atoms with Crippen molar-refractivity contribution < 1.29 is 0 Å². The first-order chi connectivity index (χ1) is 12.6. The summed E-state index contributed by atoms with van der Waals surface area (Å²) in [6.07, 6.45) is 2.00. The lowest BCUT2D eigenvalue weighted by Gasteiger charge is -2.31. The Morgan fingerprint density at radius 1 is 1.19 bits per heavy atom. The number of H-pyrrole nitrogens is 1. The largest absolute Gasteiger partial charge is 0.310 e. The Morgan fingerprint density at radius 3 is 2.77 bits per heavy atom. The highest BCUT2D eigenvalue weighted by Crippen LogP contribution is 2.27. The quantitative estimate of drug-likeness (QED) is 0.752. The van der Waals surface area contributed by atoms with Crippen molar-refractivity contribution in [3.63, 3.8) is 0 Å². The van der Waals surface area contributed by atoms with E-state index >= 15 is 0 Å². The molecule has 2 heterocycles. The van der Waals surface area contributed by atoms with Crippen LogP contribution in [0.15, 0.2) is 47.3 Å². The predicted molar refractivity (Wildman–Crippen MR) is 106 cm³/mol. The molecule has 0 spiro atoms. The van der Waals surface area contributed by atoms with Crippen LogP contribution in [0.4, 0.5) is 0 Å². The fourth-order valence-electron chi connectivity index (χ4n) is 3.72. The van der Waals surface area contributed by atoms with Crippen molar-refractivity contribution in [2.45, 2.75) is 32.2 Å². The Labute approximate surface area is 157 Å². The maximum absolute atomic E-state index is 12.4. The molecule has 5 heteroatoms. The molecular formula is C21H22ClN3O. The van der Waals surface area contributed by atoms with Crippen molar-refractivity contribution in [1.29, 1.82) is 0 Å². The van der Waals surface area contributed by atoms with Crippen molar-refractivity contribution in [2.24, 2.45) is 0 Å². The van der Waals surface area contributed by atoms with Gasteiger partial charge in [0.2, 0.25) is 0 Å². The van der Waals surface area contributed by atoms with Gasteiger partial charge in [-0.1, -0.05) is 35.4 Å². The Hall–Kier alpha value is -2.17. The molecule has 134 valence electrons. The van der Waals surface area contributed by atoms with Gasteiger partial charge in [0, 0.05) is 17.5 Å². The zero-order valence-electron chi connectivity index (χ0n) is 14.8. The van der Waals surface area contributed by atoms with Crippen molar-refractivity contribution in [1.82, 2.24) is 14.9 Å². The molecule has 0 radical (unpaired) electrons. The van der Waals surface area contributed by atoms with Gasteiger partial charge in [-0.2, -0.15) is 0 Å². The van der Waals surface area contributed by atoms with E-state index in [2.05, 4.69) is 16.0 Å². The van der Waals surface area contributed by atoms with Crippen LogP contribution >= 0.6 is 11.6 Å². The zero-order chi connectivity index (χ0) is 18.1. The Bertz CT molecular complexity index is 990. The van der Waals surface area contributed by atoms with Gasteiger partial charge in [0.1, 0.15) is 5.82 Å². The molecule has 0 aliphatic carbocycles. The van der Waals surface area contributed by atoms with Gasteiger partial charge >= 0.3 is 0 Å². The maximum atomic E-state index is 12.4. The van der Waals surface area contributed by atoms with Crippen molar-refractivity contribution in [3.05, 3.63) is 74.8 Å². The van der Waals surface area contributed by atoms with E-state index in [0.717, 1.165) is 54.4 Å². The SMILES string of the molecule is Cc1ccc2nc(C3CCN(Cc4cccc(Cl)c4)CC3)[nH]c(=O)c2c1. The number of halogens is 1. The first kappa shape index (κ1) is 17.3. The number of nitrogens with one attached hydrogen (secondary N) is 1. The molecule has 1 fully saturated rings. The van der Waals surface area contributed by atoms with Crippen LogP contribution in [0, 0.1) is 6.92 Å². The second kappa shape index (κ2) is 7.22. The summed E-state index contributed by atoms with van der Waals surface area (Å²) in [5.74, 6) is 1.14. The lowest BCUT2D eigenvalue weighted by Crippen LogP contribution is -2.33.